The Morgan fingerprint density at radius 1 is 1.09 bits per heavy atom. The monoisotopic (exact) mass is 301 g/mol. The predicted molar refractivity (Wildman–Crippen MR) is 84.6 cm³/mol. The molecule has 4 nitrogen and oxygen atoms in total. The Bertz CT molecular complexity index is 563. The van der Waals surface area contributed by atoms with E-state index in [2.05, 4.69) is 0 Å². The number of hydrogen-bond donors (Lipinski definition) is 0. The topological polar surface area (TPSA) is 46.6 Å². The van der Waals surface area contributed by atoms with Crippen LogP contribution >= 0.6 is 0 Å². The third kappa shape index (κ3) is 2.74. The van der Waals surface area contributed by atoms with Crippen molar-refractivity contribution in [3.05, 3.63) is 29.8 Å². The number of aryl methyl sites for hydroxylation is 1. The van der Waals surface area contributed by atoms with Crippen molar-refractivity contribution in [2.75, 3.05) is 12.0 Å². The third-order valence-corrected chi connectivity index (χ3v) is 4.92. The van der Waals surface area contributed by atoms with E-state index in [4.69, 9.17) is 4.74 Å². The van der Waals surface area contributed by atoms with E-state index in [1.54, 1.807) is 4.90 Å². The molecule has 22 heavy (non-hydrogen) atoms. The maximum Gasteiger partial charge on any atom is 0.328 e. The molecule has 1 aromatic carbocycles. The van der Waals surface area contributed by atoms with Gasteiger partial charge in [-0.05, 0) is 37.3 Å². The molecule has 2 aliphatic rings. The van der Waals surface area contributed by atoms with Crippen molar-refractivity contribution in [1.29, 1.82) is 0 Å². The molecule has 1 aliphatic carbocycles. The van der Waals surface area contributed by atoms with Gasteiger partial charge in [-0.25, -0.2) is 4.79 Å². The van der Waals surface area contributed by atoms with Gasteiger partial charge in [0.15, 0.2) is 0 Å². The van der Waals surface area contributed by atoms with Crippen molar-refractivity contribution in [1.82, 2.24) is 0 Å². The normalized spacial score (nSPS) is 22.0. The summed E-state index contributed by atoms with van der Waals surface area (Å²) in [4.78, 5) is 26.9. The molecule has 0 N–H and O–H groups in total. The van der Waals surface area contributed by atoms with Crippen molar-refractivity contribution in [2.45, 2.75) is 51.0 Å². The summed E-state index contributed by atoms with van der Waals surface area (Å²) >= 11 is 0. The van der Waals surface area contributed by atoms with Gasteiger partial charge in [-0.15, -0.1) is 0 Å². The standard InChI is InChI=1S/C18H23NO3/c1-22-18(21)16-12-11-13-7-5-6-10-15(13)19(16)17(20)14-8-3-2-4-9-14/h5-7,10,14,16H,2-4,8-9,11-12H2,1H3/t16-/m1/s1. The Morgan fingerprint density at radius 3 is 2.55 bits per heavy atom. The number of rotatable bonds is 2. The summed E-state index contributed by atoms with van der Waals surface area (Å²) in [7, 11) is 1.39. The van der Waals surface area contributed by atoms with Crippen LogP contribution in [0.15, 0.2) is 24.3 Å². The SMILES string of the molecule is COC(=O)[C@H]1CCc2ccccc2N1C(=O)C1CCCCC1. The number of carbonyl (C=O) groups is 2. The highest BCUT2D eigenvalue weighted by Crippen LogP contribution is 2.35. The van der Waals surface area contributed by atoms with Crippen LogP contribution in [0.1, 0.15) is 44.1 Å². The molecule has 0 radical (unpaired) electrons. The summed E-state index contributed by atoms with van der Waals surface area (Å²) in [5.74, 6) is -0.159. The Labute approximate surface area is 131 Å². The van der Waals surface area contributed by atoms with Crippen LogP contribution in [0, 0.1) is 5.92 Å². The fourth-order valence-electron chi connectivity index (χ4n) is 3.72. The van der Waals surface area contributed by atoms with E-state index in [-0.39, 0.29) is 17.8 Å². The lowest BCUT2D eigenvalue weighted by Crippen LogP contribution is -2.51. The number of para-hydroxylation sites is 1. The number of nitrogens with zero attached hydrogens (tertiary/aromatic N) is 1. The largest absolute Gasteiger partial charge is 0.467 e. The molecule has 118 valence electrons. The molecule has 0 saturated heterocycles. The highest BCUT2D eigenvalue weighted by atomic mass is 16.5. The second-order valence-corrected chi connectivity index (χ2v) is 6.25. The van der Waals surface area contributed by atoms with Crippen molar-refractivity contribution < 1.29 is 14.3 Å². The zero-order valence-corrected chi connectivity index (χ0v) is 13.1. The summed E-state index contributed by atoms with van der Waals surface area (Å²) < 4.78 is 4.94. The first-order valence-electron chi connectivity index (χ1n) is 8.21. The predicted octanol–water partition coefficient (Wildman–Crippen LogP) is 3.09. The molecule has 3 rings (SSSR count). The molecule has 1 aliphatic heterocycles. The van der Waals surface area contributed by atoms with Crippen molar-refractivity contribution >= 4 is 17.6 Å². The Morgan fingerprint density at radius 2 is 1.82 bits per heavy atom. The van der Waals surface area contributed by atoms with Crippen LogP contribution < -0.4 is 4.90 Å². The summed E-state index contributed by atoms with van der Waals surface area (Å²) in [5.41, 5.74) is 2.03. The molecular formula is C18H23NO3. The summed E-state index contributed by atoms with van der Waals surface area (Å²) in [6.07, 6.45) is 6.74. The highest BCUT2D eigenvalue weighted by molar-refractivity contribution is 6.01. The van der Waals surface area contributed by atoms with Gasteiger partial charge in [0.05, 0.1) is 7.11 Å². The molecule has 1 amide bonds. The zero-order valence-electron chi connectivity index (χ0n) is 13.1. The Hall–Kier alpha value is -1.84. The van der Waals surface area contributed by atoms with E-state index in [1.165, 1.54) is 13.5 Å². The average Bonchev–Trinajstić information content (AvgIpc) is 2.60. The van der Waals surface area contributed by atoms with Crippen molar-refractivity contribution in [3.63, 3.8) is 0 Å². The smallest absolute Gasteiger partial charge is 0.328 e. The van der Waals surface area contributed by atoms with Crippen LogP contribution in [0.3, 0.4) is 0 Å². The van der Waals surface area contributed by atoms with Gasteiger partial charge in [-0.3, -0.25) is 9.69 Å². The molecule has 0 aromatic heterocycles. The Kier molecular flexibility index (Phi) is 4.46. The fraction of sp³-hybridized carbons (Fsp3) is 0.556. The van der Waals surface area contributed by atoms with E-state index in [0.717, 1.165) is 43.4 Å². The molecule has 1 saturated carbocycles. The number of esters is 1. The lowest BCUT2D eigenvalue weighted by Gasteiger charge is -2.38. The molecule has 4 heteroatoms. The van der Waals surface area contributed by atoms with Gasteiger partial charge in [0.25, 0.3) is 0 Å². The maximum atomic E-state index is 13.1. The molecule has 1 fully saturated rings. The van der Waals surface area contributed by atoms with Gasteiger partial charge in [0, 0.05) is 11.6 Å². The van der Waals surface area contributed by atoms with Gasteiger partial charge in [-0.2, -0.15) is 0 Å². The zero-order chi connectivity index (χ0) is 15.5. The van der Waals surface area contributed by atoms with Crippen LogP contribution in [0.5, 0.6) is 0 Å². The summed E-state index contributed by atoms with van der Waals surface area (Å²) in [6, 6.07) is 7.43. The van der Waals surface area contributed by atoms with Crippen molar-refractivity contribution in [2.24, 2.45) is 5.92 Å². The van der Waals surface area contributed by atoms with Gasteiger partial charge in [-0.1, -0.05) is 37.5 Å². The van der Waals surface area contributed by atoms with Crippen molar-refractivity contribution in [3.8, 4) is 0 Å². The summed E-state index contributed by atoms with van der Waals surface area (Å²) in [6.45, 7) is 0. The van der Waals surface area contributed by atoms with E-state index in [0.29, 0.717) is 6.42 Å². The maximum absolute atomic E-state index is 13.1. The molecule has 1 heterocycles. The number of fused-ring (bicyclic) bond motifs is 1. The number of methoxy groups -OCH3 is 1. The molecule has 1 atom stereocenters. The van der Waals surface area contributed by atoms with Crippen LogP contribution in [0.4, 0.5) is 5.69 Å². The van der Waals surface area contributed by atoms with Crippen LogP contribution in [-0.2, 0) is 20.7 Å². The third-order valence-electron chi connectivity index (χ3n) is 4.92. The molecular weight excluding hydrogens is 278 g/mol. The lowest BCUT2D eigenvalue weighted by atomic mass is 9.86. The minimum absolute atomic E-state index is 0.0482. The number of hydrogen-bond acceptors (Lipinski definition) is 3. The average molecular weight is 301 g/mol. The molecule has 0 spiro atoms. The first-order valence-corrected chi connectivity index (χ1v) is 8.21. The number of benzene rings is 1. The molecule has 0 unspecified atom stereocenters. The van der Waals surface area contributed by atoms with Gasteiger partial charge < -0.3 is 4.74 Å². The van der Waals surface area contributed by atoms with E-state index in [9.17, 15) is 9.59 Å². The number of amides is 1. The van der Waals surface area contributed by atoms with Crippen LogP contribution in [0.25, 0.3) is 0 Å². The number of carbonyl (C=O) groups excluding carboxylic acids is 2. The number of anilines is 1. The second-order valence-electron chi connectivity index (χ2n) is 6.25. The molecule has 1 aromatic rings. The minimum Gasteiger partial charge on any atom is -0.467 e. The first kappa shape index (κ1) is 15.1. The fourth-order valence-corrected chi connectivity index (χ4v) is 3.72. The van der Waals surface area contributed by atoms with E-state index >= 15 is 0 Å². The van der Waals surface area contributed by atoms with E-state index in [1.807, 2.05) is 24.3 Å². The quantitative estimate of drug-likeness (QED) is 0.789. The van der Waals surface area contributed by atoms with E-state index < -0.39 is 6.04 Å². The first-order chi connectivity index (χ1) is 10.7. The van der Waals surface area contributed by atoms with Gasteiger partial charge in [0.2, 0.25) is 5.91 Å². The van der Waals surface area contributed by atoms with Gasteiger partial charge >= 0.3 is 5.97 Å². The van der Waals surface area contributed by atoms with Crippen LogP contribution in [-0.4, -0.2) is 25.0 Å². The van der Waals surface area contributed by atoms with Gasteiger partial charge in [0.1, 0.15) is 6.04 Å². The molecule has 0 bridgehead atoms. The second kappa shape index (κ2) is 6.51. The highest BCUT2D eigenvalue weighted by Gasteiger charge is 2.39. The lowest BCUT2D eigenvalue weighted by molar-refractivity contribution is -0.144. The van der Waals surface area contributed by atoms with Crippen LogP contribution in [0.2, 0.25) is 0 Å². The Balaban J connectivity index is 1.94. The number of ether oxygens (including phenoxy) is 1. The minimum atomic E-state index is -0.477. The summed E-state index contributed by atoms with van der Waals surface area (Å²) in [5, 5.41) is 0.